The SMILES string of the molecule is Cc1cc(C(=O)NC23CC4CC(CC(N)(C4)C2)C3)ccn1. The molecular formula is C17H23N3O. The lowest BCUT2D eigenvalue weighted by Gasteiger charge is -2.61. The van der Waals surface area contributed by atoms with Gasteiger partial charge in [0.05, 0.1) is 0 Å². The van der Waals surface area contributed by atoms with Crippen molar-refractivity contribution in [2.24, 2.45) is 17.6 Å². The Bertz CT molecular complexity index is 583. The molecule has 0 saturated heterocycles. The lowest BCUT2D eigenvalue weighted by molar-refractivity contribution is -0.0320. The van der Waals surface area contributed by atoms with Gasteiger partial charge in [0.15, 0.2) is 0 Å². The van der Waals surface area contributed by atoms with Crippen molar-refractivity contribution in [3.05, 3.63) is 29.6 Å². The number of rotatable bonds is 2. The Hall–Kier alpha value is -1.42. The van der Waals surface area contributed by atoms with Crippen molar-refractivity contribution in [3.8, 4) is 0 Å². The molecule has 21 heavy (non-hydrogen) atoms. The Morgan fingerprint density at radius 2 is 2.05 bits per heavy atom. The molecule has 112 valence electrons. The predicted molar refractivity (Wildman–Crippen MR) is 80.8 cm³/mol. The summed E-state index contributed by atoms with van der Waals surface area (Å²) in [5.74, 6) is 1.44. The average Bonchev–Trinajstić information content (AvgIpc) is 2.34. The minimum absolute atomic E-state index is 0.0334. The van der Waals surface area contributed by atoms with E-state index in [4.69, 9.17) is 5.73 Å². The zero-order valence-corrected chi connectivity index (χ0v) is 12.6. The summed E-state index contributed by atoms with van der Waals surface area (Å²) in [5.41, 5.74) is 8.08. The van der Waals surface area contributed by atoms with E-state index < -0.39 is 0 Å². The van der Waals surface area contributed by atoms with Crippen molar-refractivity contribution < 1.29 is 4.79 Å². The van der Waals surface area contributed by atoms with E-state index in [1.807, 2.05) is 13.0 Å². The summed E-state index contributed by atoms with van der Waals surface area (Å²) >= 11 is 0. The second kappa shape index (κ2) is 4.29. The summed E-state index contributed by atoms with van der Waals surface area (Å²) in [6.45, 7) is 1.91. The molecule has 0 aromatic carbocycles. The maximum Gasteiger partial charge on any atom is 0.251 e. The maximum absolute atomic E-state index is 12.6. The second-order valence-corrected chi connectivity index (χ2v) is 7.74. The summed E-state index contributed by atoms with van der Waals surface area (Å²) in [4.78, 5) is 16.8. The third-order valence-electron chi connectivity index (χ3n) is 5.64. The number of nitrogens with two attached hydrogens (primary N) is 1. The minimum atomic E-state index is -0.0624. The van der Waals surface area contributed by atoms with Crippen LogP contribution in [0.5, 0.6) is 0 Å². The predicted octanol–water partition coefficient (Wildman–Crippen LogP) is 2.17. The van der Waals surface area contributed by atoms with Crippen molar-refractivity contribution >= 4 is 5.91 Å². The van der Waals surface area contributed by atoms with Crippen LogP contribution in [0.1, 0.15) is 54.6 Å². The molecule has 2 atom stereocenters. The number of carbonyl (C=O) groups excluding carboxylic acids is 1. The average molecular weight is 285 g/mol. The molecule has 4 heteroatoms. The highest BCUT2D eigenvalue weighted by molar-refractivity contribution is 5.94. The largest absolute Gasteiger partial charge is 0.347 e. The van der Waals surface area contributed by atoms with Crippen molar-refractivity contribution in [2.45, 2.75) is 56.5 Å². The van der Waals surface area contributed by atoms with Gasteiger partial charge < -0.3 is 11.1 Å². The Labute approximate surface area is 125 Å². The van der Waals surface area contributed by atoms with Crippen molar-refractivity contribution in [2.75, 3.05) is 0 Å². The molecule has 4 nitrogen and oxygen atoms in total. The number of hydrogen-bond donors (Lipinski definition) is 2. The molecule has 1 aromatic rings. The van der Waals surface area contributed by atoms with Crippen molar-refractivity contribution in [3.63, 3.8) is 0 Å². The fourth-order valence-electron chi connectivity index (χ4n) is 5.48. The number of nitrogens with one attached hydrogen (secondary N) is 1. The van der Waals surface area contributed by atoms with E-state index in [0.29, 0.717) is 17.4 Å². The molecule has 3 N–H and O–H groups in total. The normalized spacial score (nSPS) is 40.3. The van der Waals surface area contributed by atoms with Gasteiger partial charge in [0.25, 0.3) is 5.91 Å². The monoisotopic (exact) mass is 285 g/mol. The van der Waals surface area contributed by atoms with Crippen LogP contribution in [0.3, 0.4) is 0 Å². The first-order chi connectivity index (χ1) is 9.95. The third-order valence-corrected chi connectivity index (χ3v) is 5.64. The van der Waals surface area contributed by atoms with Crippen molar-refractivity contribution in [1.29, 1.82) is 0 Å². The fourth-order valence-corrected chi connectivity index (χ4v) is 5.48. The van der Waals surface area contributed by atoms with Crippen molar-refractivity contribution in [1.82, 2.24) is 10.3 Å². The number of pyridine rings is 1. The van der Waals surface area contributed by atoms with Crippen LogP contribution >= 0.6 is 0 Å². The number of amides is 1. The zero-order valence-electron chi connectivity index (χ0n) is 12.6. The number of aryl methyl sites for hydroxylation is 1. The molecule has 4 fully saturated rings. The van der Waals surface area contributed by atoms with Gasteiger partial charge in [0, 0.05) is 28.5 Å². The van der Waals surface area contributed by atoms with E-state index in [0.717, 1.165) is 37.8 Å². The Balaban J connectivity index is 1.58. The van der Waals surface area contributed by atoms with Gasteiger partial charge in [-0.3, -0.25) is 9.78 Å². The first-order valence-corrected chi connectivity index (χ1v) is 7.99. The van der Waals surface area contributed by atoms with Gasteiger partial charge >= 0.3 is 0 Å². The Morgan fingerprint density at radius 1 is 1.33 bits per heavy atom. The van der Waals surface area contributed by atoms with Gasteiger partial charge in [-0.1, -0.05) is 0 Å². The van der Waals surface area contributed by atoms with E-state index in [9.17, 15) is 4.79 Å². The molecule has 5 rings (SSSR count). The van der Waals surface area contributed by atoms with Gasteiger partial charge in [-0.15, -0.1) is 0 Å². The van der Waals surface area contributed by atoms with Crippen LogP contribution in [0.2, 0.25) is 0 Å². The molecule has 0 radical (unpaired) electrons. The van der Waals surface area contributed by atoms with E-state index in [1.54, 1.807) is 12.3 Å². The lowest BCUT2D eigenvalue weighted by Crippen LogP contribution is -2.68. The van der Waals surface area contributed by atoms with Crippen LogP contribution in [0.25, 0.3) is 0 Å². The van der Waals surface area contributed by atoms with E-state index in [-0.39, 0.29) is 17.0 Å². The molecule has 1 heterocycles. The molecule has 4 aliphatic rings. The fraction of sp³-hybridized carbons (Fsp3) is 0.647. The van der Waals surface area contributed by atoms with E-state index >= 15 is 0 Å². The number of carbonyl (C=O) groups is 1. The highest BCUT2D eigenvalue weighted by atomic mass is 16.1. The lowest BCUT2D eigenvalue weighted by atomic mass is 9.50. The van der Waals surface area contributed by atoms with Crippen LogP contribution < -0.4 is 11.1 Å². The third kappa shape index (κ3) is 2.26. The highest BCUT2D eigenvalue weighted by Gasteiger charge is 2.56. The molecule has 4 aliphatic carbocycles. The Morgan fingerprint density at radius 3 is 2.67 bits per heavy atom. The summed E-state index contributed by atoms with van der Waals surface area (Å²) < 4.78 is 0. The minimum Gasteiger partial charge on any atom is -0.347 e. The standard InChI is InChI=1S/C17H23N3O/c1-11-4-14(2-3-19-11)15(21)20-17-8-12-5-13(9-17)7-16(18,6-12)10-17/h2-4,12-13H,5-10,18H2,1H3,(H,20,21). The number of hydrogen-bond acceptors (Lipinski definition) is 3. The molecule has 0 spiro atoms. The summed E-state index contributed by atoms with van der Waals surface area (Å²) in [7, 11) is 0. The topological polar surface area (TPSA) is 68.0 Å². The van der Waals surface area contributed by atoms with Gasteiger partial charge in [-0.05, 0) is 69.4 Å². The zero-order chi connectivity index (χ0) is 14.7. The van der Waals surface area contributed by atoms with E-state index in [1.165, 1.54) is 6.42 Å². The number of nitrogens with zero attached hydrogens (tertiary/aromatic N) is 1. The quantitative estimate of drug-likeness (QED) is 0.875. The summed E-state index contributed by atoms with van der Waals surface area (Å²) in [5, 5.41) is 3.35. The highest BCUT2D eigenvalue weighted by Crippen LogP contribution is 2.56. The maximum atomic E-state index is 12.6. The summed E-state index contributed by atoms with van der Waals surface area (Å²) in [6.07, 6.45) is 8.48. The molecule has 4 bridgehead atoms. The molecule has 0 aliphatic heterocycles. The van der Waals surface area contributed by atoms with E-state index in [2.05, 4.69) is 10.3 Å². The molecule has 1 aromatic heterocycles. The molecule has 1 amide bonds. The number of aromatic nitrogens is 1. The first kappa shape index (κ1) is 13.3. The molecule has 2 unspecified atom stereocenters. The molecular weight excluding hydrogens is 262 g/mol. The second-order valence-electron chi connectivity index (χ2n) is 7.74. The van der Waals surface area contributed by atoms with Gasteiger partial charge in [-0.25, -0.2) is 0 Å². The van der Waals surface area contributed by atoms with Crippen LogP contribution in [0.15, 0.2) is 18.3 Å². The molecule has 4 saturated carbocycles. The summed E-state index contributed by atoms with van der Waals surface area (Å²) in [6, 6.07) is 3.65. The smallest absolute Gasteiger partial charge is 0.251 e. The van der Waals surface area contributed by atoms with Gasteiger partial charge in [0.1, 0.15) is 0 Å². The van der Waals surface area contributed by atoms with Crippen LogP contribution in [0, 0.1) is 18.8 Å². The van der Waals surface area contributed by atoms with Crippen LogP contribution in [0.4, 0.5) is 0 Å². The van der Waals surface area contributed by atoms with Gasteiger partial charge in [-0.2, -0.15) is 0 Å². The first-order valence-electron chi connectivity index (χ1n) is 7.99. The van der Waals surface area contributed by atoms with Crippen LogP contribution in [-0.2, 0) is 0 Å². The van der Waals surface area contributed by atoms with Crippen LogP contribution in [-0.4, -0.2) is 22.0 Å². The Kier molecular flexibility index (Phi) is 2.71. The van der Waals surface area contributed by atoms with Gasteiger partial charge in [0.2, 0.25) is 0 Å².